The molecule has 17 heavy (non-hydrogen) atoms. The van der Waals surface area contributed by atoms with Crippen molar-refractivity contribution in [1.82, 2.24) is 9.97 Å². The van der Waals surface area contributed by atoms with Crippen LogP contribution in [0.2, 0.25) is 0 Å². The number of nitrogens with zero attached hydrogens (tertiary/aromatic N) is 2. The smallest absolute Gasteiger partial charge is 0.416 e. The van der Waals surface area contributed by atoms with E-state index in [1.165, 1.54) is 18.7 Å². The van der Waals surface area contributed by atoms with Crippen LogP contribution in [0.3, 0.4) is 0 Å². The van der Waals surface area contributed by atoms with Crippen molar-refractivity contribution in [2.75, 3.05) is 0 Å². The molecule has 0 aliphatic heterocycles. The van der Waals surface area contributed by atoms with Gasteiger partial charge in [-0.25, -0.2) is 4.98 Å². The molecule has 6 heteroatoms. The molecule has 3 rings (SSSR count). The van der Waals surface area contributed by atoms with E-state index in [0.717, 1.165) is 12.1 Å². The molecule has 0 unspecified atom stereocenters. The van der Waals surface area contributed by atoms with Crippen LogP contribution in [0.4, 0.5) is 13.2 Å². The largest absolute Gasteiger partial charge is 0.443 e. The fourth-order valence-electron chi connectivity index (χ4n) is 1.69. The van der Waals surface area contributed by atoms with Gasteiger partial charge < -0.3 is 4.42 Å². The Morgan fingerprint density at radius 3 is 2.65 bits per heavy atom. The van der Waals surface area contributed by atoms with Crippen molar-refractivity contribution in [1.29, 1.82) is 0 Å². The molecule has 3 aromatic rings. The average molecular weight is 238 g/mol. The molecule has 0 amide bonds. The van der Waals surface area contributed by atoms with Crippen LogP contribution in [-0.4, -0.2) is 9.97 Å². The lowest BCUT2D eigenvalue weighted by Gasteiger charge is -2.06. The minimum Gasteiger partial charge on any atom is -0.443 e. The van der Waals surface area contributed by atoms with Crippen LogP contribution in [0.25, 0.3) is 22.0 Å². The first-order valence-corrected chi connectivity index (χ1v) is 4.75. The highest BCUT2D eigenvalue weighted by Crippen LogP contribution is 2.32. The van der Waals surface area contributed by atoms with Crippen LogP contribution in [0.5, 0.6) is 0 Å². The molecule has 0 atom stereocenters. The van der Waals surface area contributed by atoms with Crippen LogP contribution in [0.15, 0.2) is 35.2 Å². The summed E-state index contributed by atoms with van der Waals surface area (Å²) in [7, 11) is 0. The highest BCUT2D eigenvalue weighted by molar-refractivity contribution is 6.00. The second-order valence-electron chi connectivity index (χ2n) is 3.55. The predicted molar refractivity (Wildman–Crippen MR) is 54.3 cm³/mol. The van der Waals surface area contributed by atoms with Gasteiger partial charge in [0, 0.05) is 5.39 Å². The van der Waals surface area contributed by atoms with E-state index in [4.69, 9.17) is 4.42 Å². The normalized spacial score (nSPS) is 12.4. The van der Waals surface area contributed by atoms with Crippen molar-refractivity contribution in [2.45, 2.75) is 6.18 Å². The quantitative estimate of drug-likeness (QED) is 0.602. The van der Waals surface area contributed by atoms with Crippen molar-refractivity contribution < 1.29 is 17.6 Å². The summed E-state index contributed by atoms with van der Waals surface area (Å²) in [4.78, 5) is 7.82. The number of halogens is 3. The fraction of sp³-hybridized carbons (Fsp3) is 0.0909. The monoisotopic (exact) mass is 238 g/mol. The predicted octanol–water partition coefficient (Wildman–Crippen LogP) is 3.39. The molecule has 0 aliphatic carbocycles. The van der Waals surface area contributed by atoms with Gasteiger partial charge in [0.1, 0.15) is 5.52 Å². The lowest BCUT2D eigenvalue weighted by molar-refractivity contribution is -0.137. The van der Waals surface area contributed by atoms with Gasteiger partial charge >= 0.3 is 6.18 Å². The third kappa shape index (κ3) is 1.52. The topological polar surface area (TPSA) is 38.9 Å². The second kappa shape index (κ2) is 3.19. The van der Waals surface area contributed by atoms with Crippen LogP contribution in [0, 0.1) is 0 Å². The first-order valence-electron chi connectivity index (χ1n) is 4.75. The van der Waals surface area contributed by atoms with Crippen molar-refractivity contribution in [3.63, 3.8) is 0 Å². The van der Waals surface area contributed by atoms with Gasteiger partial charge in [-0.3, -0.25) is 4.98 Å². The van der Waals surface area contributed by atoms with E-state index in [1.807, 2.05) is 0 Å². The van der Waals surface area contributed by atoms with Crippen LogP contribution in [0.1, 0.15) is 5.56 Å². The lowest BCUT2D eigenvalue weighted by Crippen LogP contribution is -2.04. The zero-order valence-corrected chi connectivity index (χ0v) is 8.32. The van der Waals surface area contributed by atoms with Crippen LogP contribution >= 0.6 is 0 Å². The number of oxazole rings is 1. The zero-order valence-electron chi connectivity index (χ0n) is 8.32. The highest BCUT2D eigenvalue weighted by Gasteiger charge is 2.30. The van der Waals surface area contributed by atoms with E-state index in [2.05, 4.69) is 9.97 Å². The SMILES string of the molecule is FC(F)(F)c1ccc2c(c1)ncc1ncoc12. The number of hydrogen-bond acceptors (Lipinski definition) is 3. The Bertz CT molecular complexity index is 703. The molecule has 0 bridgehead atoms. The summed E-state index contributed by atoms with van der Waals surface area (Å²) < 4.78 is 42.6. The maximum absolute atomic E-state index is 12.5. The molecule has 0 saturated carbocycles. The van der Waals surface area contributed by atoms with Gasteiger partial charge in [-0.1, -0.05) is 0 Å². The van der Waals surface area contributed by atoms with Gasteiger partial charge in [0.2, 0.25) is 0 Å². The standard InChI is InChI=1S/C11H5F3N2O/c12-11(13,14)6-1-2-7-8(3-6)15-4-9-10(7)17-5-16-9/h1-5H. The molecule has 0 spiro atoms. The molecule has 86 valence electrons. The van der Waals surface area contributed by atoms with Crippen molar-refractivity contribution in [3.05, 3.63) is 36.4 Å². The lowest BCUT2D eigenvalue weighted by atomic mass is 10.1. The van der Waals surface area contributed by atoms with Gasteiger partial charge in [-0.05, 0) is 18.2 Å². The summed E-state index contributed by atoms with van der Waals surface area (Å²) in [6, 6.07) is 3.35. The zero-order chi connectivity index (χ0) is 12.0. The molecule has 0 radical (unpaired) electrons. The van der Waals surface area contributed by atoms with E-state index >= 15 is 0 Å². The average Bonchev–Trinajstić information content (AvgIpc) is 2.75. The molecule has 3 nitrogen and oxygen atoms in total. The molecule has 0 aliphatic rings. The van der Waals surface area contributed by atoms with Gasteiger partial charge in [-0.15, -0.1) is 0 Å². The summed E-state index contributed by atoms with van der Waals surface area (Å²) in [5.74, 6) is 0. The third-order valence-electron chi connectivity index (χ3n) is 2.49. The van der Waals surface area contributed by atoms with Gasteiger partial charge in [0.05, 0.1) is 17.3 Å². The molecule has 2 aromatic heterocycles. The van der Waals surface area contributed by atoms with E-state index in [9.17, 15) is 13.2 Å². The first kappa shape index (κ1) is 10.1. The molecule has 2 heterocycles. The maximum Gasteiger partial charge on any atom is 0.416 e. The summed E-state index contributed by atoms with van der Waals surface area (Å²) in [6.45, 7) is 0. The molecule has 0 N–H and O–H groups in total. The Balaban J connectivity index is 2.34. The maximum atomic E-state index is 12.5. The molecular weight excluding hydrogens is 233 g/mol. The minimum absolute atomic E-state index is 0.240. The number of fused-ring (bicyclic) bond motifs is 3. The highest BCUT2D eigenvalue weighted by atomic mass is 19.4. The Morgan fingerprint density at radius 2 is 1.88 bits per heavy atom. The van der Waals surface area contributed by atoms with Crippen LogP contribution in [-0.2, 0) is 6.18 Å². The van der Waals surface area contributed by atoms with Gasteiger partial charge in [-0.2, -0.15) is 13.2 Å². The molecule has 1 aromatic carbocycles. The van der Waals surface area contributed by atoms with E-state index in [0.29, 0.717) is 16.5 Å². The summed E-state index contributed by atoms with van der Waals surface area (Å²) in [5.41, 5.74) is 0.487. The first-order chi connectivity index (χ1) is 8.05. The van der Waals surface area contributed by atoms with Crippen LogP contribution < -0.4 is 0 Å². The Morgan fingerprint density at radius 1 is 1.06 bits per heavy atom. The fourth-order valence-corrected chi connectivity index (χ4v) is 1.69. The summed E-state index contributed by atoms with van der Waals surface area (Å²) in [5, 5.41) is 0.521. The molecular formula is C11H5F3N2O. The van der Waals surface area contributed by atoms with E-state index in [-0.39, 0.29) is 5.52 Å². The minimum atomic E-state index is -4.37. The number of aromatic nitrogens is 2. The summed E-state index contributed by atoms with van der Waals surface area (Å²) >= 11 is 0. The van der Waals surface area contributed by atoms with Gasteiger partial charge in [0.15, 0.2) is 12.0 Å². The Hall–Kier alpha value is -2.11. The third-order valence-corrected chi connectivity index (χ3v) is 2.49. The van der Waals surface area contributed by atoms with Crippen molar-refractivity contribution >= 4 is 22.0 Å². The number of alkyl halides is 3. The van der Waals surface area contributed by atoms with Crippen molar-refractivity contribution in [3.8, 4) is 0 Å². The number of rotatable bonds is 0. The second-order valence-corrected chi connectivity index (χ2v) is 3.55. The summed E-state index contributed by atoms with van der Waals surface area (Å²) in [6.07, 6.45) is -1.74. The van der Waals surface area contributed by atoms with Gasteiger partial charge in [0.25, 0.3) is 0 Å². The number of benzene rings is 1. The number of pyridine rings is 1. The number of hydrogen-bond donors (Lipinski definition) is 0. The van der Waals surface area contributed by atoms with E-state index in [1.54, 1.807) is 0 Å². The molecule has 0 fully saturated rings. The Labute approximate surface area is 92.9 Å². The Kier molecular flexibility index (Phi) is 1.89. The van der Waals surface area contributed by atoms with Crippen molar-refractivity contribution in [2.24, 2.45) is 0 Å². The molecule has 0 saturated heterocycles. The van der Waals surface area contributed by atoms with E-state index < -0.39 is 11.7 Å².